The molecule has 2 rings (SSSR count). The highest BCUT2D eigenvalue weighted by molar-refractivity contribution is 5.78. The van der Waals surface area contributed by atoms with Gasteiger partial charge in [0.25, 0.3) is 0 Å². The van der Waals surface area contributed by atoms with Gasteiger partial charge in [-0.15, -0.1) is 0 Å². The van der Waals surface area contributed by atoms with Crippen molar-refractivity contribution in [3.8, 4) is 11.5 Å². The van der Waals surface area contributed by atoms with Crippen molar-refractivity contribution in [3.63, 3.8) is 0 Å². The second-order valence-corrected chi connectivity index (χ2v) is 6.96. The molecule has 1 aromatic carbocycles. The molecule has 0 aliphatic rings. The van der Waals surface area contributed by atoms with Crippen LogP contribution in [0.25, 0.3) is 0 Å². The van der Waals surface area contributed by atoms with E-state index in [1.54, 1.807) is 14.2 Å². The van der Waals surface area contributed by atoms with Crippen LogP contribution in [0.5, 0.6) is 11.5 Å². The normalized spacial score (nSPS) is 11.9. The van der Waals surface area contributed by atoms with Crippen LogP contribution in [0.15, 0.2) is 34.7 Å². The number of furan rings is 1. The minimum Gasteiger partial charge on any atom is -0.493 e. The third-order valence-corrected chi connectivity index (χ3v) is 4.83. The predicted molar refractivity (Wildman–Crippen MR) is 110 cm³/mol. The fraction of sp³-hybridized carbons (Fsp3) is 0.500. The number of aryl methyl sites for hydroxylation is 1. The molecule has 0 saturated carbocycles. The minimum absolute atomic E-state index is 0.0647. The van der Waals surface area contributed by atoms with E-state index in [-0.39, 0.29) is 5.91 Å². The molecule has 154 valence electrons. The molecule has 1 atom stereocenters. The minimum atomic E-state index is 0.0647. The highest BCUT2D eigenvalue weighted by Crippen LogP contribution is 2.27. The summed E-state index contributed by atoms with van der Waals surface area (Å²) in [5.41, 5.74) is 1.08. The topological polar surface area (TPSA) is 63.9 Å². The Hall–Kier alpha value is -2.47. The highest BCUT2D eigenvalue weighted by atomic mass is 16.5. The molecule has 6 nitrogen and oxygen atoms in total. The number of benzene rings is 1. The number of carbonyl (C=O) groups excluding carboxylic acids is 1. The van der Waals surface area contributed by atoms with E-state index in [1.165, 1.54) is 0 Å². The van der Waals surface area contributed by atoms with Crippen molar-refractivity contribution in [1.82, 2.24) is 10.2 Å². The fourth-order valence-electron chi connectivity index (χ4n) is 2.87. The summed E-state index contributed by atoms with van der Waals surface area (Å²) < 4.78 is 16.3. The van der Waals surface area contributed by atoms with E-state index >= 15 is 0 Å². The van der Waals surface area contributed by atoms with Crippen molar-refractivity contribution < 1.29 is 18.7 Å². The Balaban J connectivity index is 2.06. The first-order valence-corrected chi connectivity index (χ1v) is 9.74. The van der Waals surface area contributed by atoms with Crippen LogP contribution in [0.1, 0.15) is 37.4 Å². The SMILES string of the molecule is CCC(C)NCC(=O)N(CCc1ccc(OC)c(OC)c1)Cc1ccc(C)o1. The average molecular weight is 389 g/mol. The van der Waals surface area contributed by atoms with Crippen LogP contribution in [-0.4, -0.2) is 44.2 Å². The molecule has 28 heavy (non-hydrogen) atoms. The van der Waals surface area contributed by atoms with Crippen LogP contribution in [0.2, 0.25) is 0 Å². The van der Waals surface area contributed by atoms with E-state index in [9.17, 15) is 4.79 Å². The molecule has 0 aliphatic carbocycles. The molecule has 6 heteroatoms. The lowest BCUT2D eigenvalue weighted by Gasteiger charge is -2.23. The third kappa shape index (κ3) is 6.30. The molecule has 0 radical (unpaired) electrons. The second-order valence-electron chi connectivity index (χ2n) is 6.96. The van der Waals surface area contributed by atoms with Gasteiger partial charge in [0, 0.05) is 12.6 Å². The summed E-state index contributed by atoms with van der Waals surface area (Å²) in [7, 11) is 3.24. The van der Waals surface area contributed by atoms with Gasteiger partial charge in [-0.25, -0.2) is 0 Å². The number of hydrogen-bond donors (Lipinski definition) is 1. The van der Waals surface area contributed by atoms with Gasteiger partial charge in [0.15, 0.2) is 11.5 Å². The third-order valence-electron chi connectivity index (χ3n) is 4.83. The van der Waals surface area contributed by atoms with Crippen LogP contribution >= 0.6 is 0 Å². The monoisotopic (exact) mass is 388 g/mol. The van der Waals surface area contributed by atoms with Crippen molar-refractivity contribution in [2.24, 2.45) is 0 Å². The zero-order valence-electron chi connectivity index (χ0n) is 17.6. The number of methoxy groups -OCH3 is 2. The lowest BCUT2D eigenvalue weighted by atomic mass is 10.1. The summed E-state index contributed by atoms with van der Waals surface area (Å²) in [5, 5.41) is 3.28. The number of amides is 1. The molecule has 0 aliphatic heterocycles. The van der Waals surface area contributed by atoms with Gasteiger partial charge in [-0.3, -0.25) is 4.79 Å². The lowest BCUT2D eigenvalue weighted by molar-refractivity contribution is -0.131. The molecule has 0 saturated heterocycles. The van der Waals surface area contributed by atoms with Gasteiger partial charge in [-0.1, -0.05) is 13.0 Å². The standard InChI is InChI=1S/C22H32N2O4/c1-6-16(2)23-14-22(25)24(15-19-9-7-17(3)28-19)12-11-18-8-10-20(26-4)21(13-18)27-5/h7-10,13,16,23H,6,11-12,14-15H2,1-5H3. The van der Waals surface area contributed by atoms with Gasteiger partial charge in [0.2, 0.25) is 5.91 Å². The molecule has 1 amide bonds. The maximum absolute atomic E-state index is 12.8. The Bertz CT molecular complexity index is 757. The molecule has 1 N–H and O–H groups in total. The molecule has 1 unspecified atom stereocenters. The van der Waals surface area contributed by atoms with Crippen LogP contribution in [-0.2, 0) is 17.8 Å². The maximum atomic E-state index is 12.8. The van der Waals surface area contributed by atoms with Gasteiger partial charge >= 0.3 is 0 Å². The van der Waals surface area contributed by atoms with Crippen molar-refractivity contribution in [2.75, 3.05) is 27.3 Å². The summed E-state index contributed by atoms with van der Waals surface area (Å²) in [6, 6.07) is 10.00. The molecular formula is C22H32N2O4. The molecule has 0 bridgehead atoms. The quantitative estimate of drug-likeness (QED) is 0.638. The molecule has 2 aromatic rings. The Morgan fingerprint density at radius 1 is 1.18 bits per heavy atom. The molecule has 0 spiro atoms. The van der Waals surface area contributed by atoms with Crippen LogP contribution in [0.3, 0.4) is 0 Å². The first-order valence-electron chi connectivity index (χ1n) is 9.74. The first kappa shape index (κ1) is 21.8. The van der Waals surface area contributed by atoms with Crippen molar-refractivity contribution in [2.45, 2.75) is 46.2 Å². The Morgan fingerprint density at radius 3 is 2.54 bits per heavy atom. The lowest BCUT2D eigenvalue weighted by Crippen LogP contribution is -2.41. The van der Waals surface area contributed by atoms with Crippen molar-refractivity contribution in [3.05, 3.63) is 47.4 Å². The number of hydrogen-bond acceptors (Lipinski definition) is 5. The summed E-state index contributed by atoms with van der Waals surface area (Å²) in [6.07, 6.45) is 1.70. The van der Waals surface area contributed by atoms with E-state index < -0.39 is 0 Å². The summed E-state index contributed by atoms with van der Waals surface area (Å²) >= 11 is 0. The zero-order valence-corrected chi connectivity index (χ0v) is 17.6. The molecular weight excluding hydrogens is 356 g/mol. The van der Waals surface area contributed by atoms with Gasteiger partial charge in [0.1, 0.15) is 11.5 Å². The fourth-order valence-corrected chi connectivity index (χ4v) is 2.87. The summed E-state index contributed by atoms with van der Waals surface area (Å²) in [4.78, 5) is 14.6. The highest BCUT2D eigenvalue weighted by Gasteiger charge is 2.17. The van der Waals surface area contributed by atoms with Crippen molar-refractivity contribution in [1.29, 1.82) is 0 Å². The van der Waals surface area contributed by atoms with Crippen LogP contribution in [0, 0.1) is 6.92 Å². The van der Waals surface area contributed by atoms with Gasteiger partial charge in [-0.2, -0.15) is 0 Å². The molecule has 0 fully saturated rings. The van der Waals surface area contributed by atoms with Crippen molar-refractivity contribution >= 4 is 5.91 Å². The number of ether oxygens (including phenoxy) is 2. The smallest absolute Gasteiger partial charge is 0.236 e. The molecule has 1 heterocycles. The Labute approximate surface area is 167 Å². The van der Waals surface area contributed by atoms with E-state index in [0.717, 1.165) is 29.9 Å². The van der Waals surface area contributed by atoms with Crippen LogP contribution < -0.4 is 14.8 Å². The van der Waals surface area contributed by atoms with E-state index in [0.29, 0.717) is 37.2 Å². The van der Waals surface area contributed by atoms with E-state index in [2.05, 4.69) is 19.2 Å². The van der Waals surface area contributed by atoms with Gasteiger partial charge in [-0.05, 0) is 56.5 Å². The number of nitrogens with zero attached hydrogens (tertiary/aromatic N) is 1. The predicted octanol–water partition coefficient (Wildman–Crippen LogP) is 3.56. The summed E-state index contributed by atoms with van der Waals surface area (Å²) in [6.45, 7) is 7.46. The summed E-state index contributed by atoms with van der Waals surface area (Å²) in [5.74, 6) is 3.09. The number of rotatable bonds is 11. The average Bonchev–Trinajstić information content (AvgIpc) is 3.13. The molecule has 1 aromatic heterocycles. The number of carbonyl (C=O) groups is 1. The number of nitrogens with one attached hydrogen (secondary N) is 1. The Morgan fingerprint density at radius 2 is 1.93 bits per heavy atom. The van der Waals surface area contributed by atoms with E-state index in [1.807, 2.05) is 42.2 Å². The van der Waals surface area contributed by atoms with E-state index in [4.69, 9.17) is 13.9 Å². The maximum Gasteiger partial charge on any atom is 0.236 e. The Kier molecular flexibility index (Phi) is 8.39. The second kappa shape index (κ2) is 10.8. The van der Waals surface area contributed by atoms with Gasteiger partial charge < -0.3 is 24.1 Å². The van der Waals surface area contributed by atoms with Crippen LogP contribution in [0.4, 0.5) is 0 Å². The first-order chi connectivity index (χ1) is 13.5. The van der Waals surface area contributed by atoms with Gasteiger partial charge in [0.05, 0.1) is 27.3 Å². The zero-order chi connectivity index (χ0) is 20.5. The largest absolute Gasteiger partial charge is 0.493 e.